The normalized spacial score (nSPS) is 18.1. The van der Waals surface area contributed by atoms with E-state index in [0.717, 1.165) is 12.8 Å². The molecule has 2 amide bonds. The van der Waals surface area contributed by atoms with E-state index >= 15 is 0 Å². The Morgan fingerprint density at radius 2 is 2.35 bits per heavy atom. The van der Waals surface area contributed by atoms with Gasteiger partial charge in [0.05, 0.1) is 17.6 Å². The summed E-state index contributed by atoms with van der Waals surface area (Å²) in [4.78, 5) is 23.8. The van der Waals surface area contributed by atoms with E-state index in [9.17, 15) is 20.0 Å². The molecule has 0 bridgehead atoms. The summed E-state index contributed by atoms with van der Waals surface area (Å²) >= 11 is 5.70. The van der Waals surface area contributed by atoms with Gasteiger partial charge in [-0.05, 0) is 25.0 Å². The zero-order chi connectivity index (χ0) is 14.7. The molecular weight excluding hydrogens is 286 g/mol. The molecule has 1 aromatic rings. The summed E-state index contributed by atoms with van der Waals surface area (Å²) < 4.78 is 0. The Balaban J connectivity index is 2.12. The van der Waals surface area contributed by atoms with Crippen LogP contribution in [0.2, 0.25) is 5.02 Å². The molecule has 1 aliphatic rings. The van der Waals surface area contributed by atoms with Gasteiger partial charge in [0.2, 0.25) is 0 Å². The lowest BCUT2D eigenvalue weighted by molar-refractivity contribution is -0.384. The van der Waals surface area contributed by atoms with Crippen LogP contribution in [0.3, 0.4) is 0 Å². The van der Waals surface area contributed by atoms with Gasteiger partial charge in [-0.2, -0.15) is 0 Å². The molecule has 1 heterocycles. The van der Waals surface area contributed by atoms with Crippen LogP contribution in [0.25, 0.3) is 0 Å². The van der Waals surface area contributed by atoms with Crippen molar-refractivity contribution in [2.45, 2.75) is 18.9 Å². The maximum absolute atomic E-state index is 12.1. The van der Waals surface area contributed by atoms with Crippen molar-refractivity contribution in [2.75, 3.05) is 18.5 Å². The van der Waals surface area contributed by atoms with Gasteiger partial charge in [-0.25, -0.2) is 4.79 Å². The summed E-state index contributed by atoms with van der Waals surface area (Å²) in [5.41, 5.74) is 0.0410. The van der Waals surface area contributed by atoms with Gasteiger partial charge in [-0.1, -0.05) is 11.6 Å². The Morgan fingerprint density at radius 1 is 1.60 bits per heavy atom. The first-order valence-corrected chi connectivity index (χ1v) is 6.53. The third kappa shape index (κ3) is 3.00. The predicted molar refractivity (Wildman–Crippen MR) is 73.9 cm³/mol. The molecule has 2 rings (SSSR count). The van der Waals surface area contributed by atoms with E-state index in [2.05, 4.69) is 5.32 Å². The van der Waals surface area contributed by atoms with Crippen LogP contribution in [0.15, 0.2) is 18.2 Å². The molecule has 8 heteroatoms. The fourth-order valence-corrected chi connectivity index (χ4v) is 2.41. The lowest BCUT2D eigenvalue weighted by atomic mass is 10.2. The van der Waals surface area contributed by atoms with Crippen molar-refractivity contribution in [2.24, 2.45) is 0 Å². The molecule has 20 heavy (non-hydrogen) atoms. The summed E-state index contributed by atoms with van der Waals surface area (Å²) in [7, 11) is 0. The molecular formula is C12H14ClN3O4. The first-order valence-electron chi connectivity index (χ1n) is 6.15. The highest BCUT2D eigenvalue weighted by atomic mass is 35.5. The molecule has 7 nitrogen and oxygen atoms in total. The molecule has 0 aliphatic carbocycles. The number of aliphatic hydroxyl groups is 1. The van der Waals surface area contributed by atoms with Crippen molar-refractivity contribution in [1.29, 1.82) is 0 Å². The first kappa shape index (κ1) is 14.5. The maximum Gasteiger partial charge on any atom is 0.322 e. The zero-order valence-corrected chi connectivity index (χ0v) is 11.3. The minimum Gasteiger partial charge on any atom is -0.394 e. The van der Waals surface area contributed by atoms with Crippen molar-refractivity contribution in [1.82, 2.24) is 4.90 Å². The highest BCUT2D eigenvalue weighted by molar-refractivity contribution is 6.32. The van der Waals surface area contributed by atoms with Gasteiger partial charge in [-0.15, -0.1) is 0 Å². The summed E-state index contributed by atoms with van der Waals surface area (Å²) in [5, 5.41) is 22.6. The van der Waals surface area contributed by atoms with Crippen LogP contribution >= 0.6 is 11.6 Å². The number of aliphatic hydroxyl groups excluding tert-OH is 1. The number of likely N-dealkylation sites (tertiary alicyclic amines) is 1. The van der Waals surface area contributed by atoms with Gasteiger partial charge in [0.15, 0.2) is 0 Å². The fraction of sp³-hybridized carbons (Fsp3) is 0.417. The first-order chi connectivity index (χ1) is 9.52. The Kier molecular flexibility index (Phi) is 4.41. The van der Waals surface area contributed by atoms with Gasteiger partial charge in [0.1, 0.15) is 5.02 Å². The van der Waals surface area contributed by atoms with Crippen molar-refractivity contribution in [3.63, 3.8) is 0 Å². The number of nitro groups is 1. The number of carbonyl (C=O) groups is 1. The number of carbonyl (C=O) groups excluding carboxylic acids is 1. The third-order valence-corrected chi connectivity index (χ3v) is 3.56. The van der Waals surface area contributed by atoms with Crippen LogP contribution in [-0.4, -0.2) is 40.2 Å². The molecule has 1 fully saturated rings. The number of halogens is 1. The molecule has 0 spiro atoms. The quantitative estimate of drug-likeness (QED) is 0.661. The molecule has 0 radical (unpaired) electrons. The van der Waals surface area contributed by atoms with E-state index in [4.69, 9.17) is 11.6 Å². The minimum atomic E-state index is -0.607. The number of hydrogen-bond donors (Lipinski definition) is 2. The third-order valence-electron chi connectivity index (χ3n) is 3.24. The Hall–Kier alpha value is -1.86. The lowest BCUT2D eigenvalue weighted by Gasteiger charge is -2.23. The van der Waals surface area contributed by atoms with E-state index in [1.54, 1.807) is 0 Å². The Bertz CT molecular complexity index is 537. The average Bonchev–Trinajstić information content (AvgIpc) is 2.89. The highest BCUT2D eigenvalue weighted by Crippen LogP contribution is 2.28. The molecule has 1 atom stereocenters. The number of urea groups is 1. The summed E-state index contributed by atoms with van der Waals surface area (Å²) in [6, 6.07) is 3.50. The molecule has 1 aliphatic heterocycles. The molecule has 1 aromatic carbocycles. The Morgan fingerprint density at radius 3 is 3.00 bits per heavy atom. The molecule has 0 saturated carbocycles. The number of anilines is 1. The van der Waals surface area contributed by atoms with E-state index in [1.807, 2.05) is 0 Å². The number of benzene rings is 1. The van der Waals surface area contributed by atoms with E-state index in [1.165, 1.54) is 23.1 Å². The topological polar surface area (TPSA) is 95.7 Å². The van der Waals surface area contributed by atoms with Crippen molar-refractivity contribution in [3.05, 3.63) is 33.3 Å². The highest BCUT2D eigenvalue weighted by Gasteiger charge is 2.28. The standard InChI is InChI=1S/C12H14ClN3O4/c13-10-4-3-8(6-11(10)16(19)20)14-12(18)15-5-1-2-9(15)7-17/h3-4,6,9,17H,1-2,5,7H2,(H,14,18)/t9-/m1/s1. The summed E-state index contributed by atoms with van der Waals surface area (Å²) in [6.07, 6.45) is 1.59. The monoisotopic (exact) mass is 299 g/mol. The van der Waals surface area contributed by atoms with Gasteiger partial charge >= 0.3 is 6.03 Å². The van der Waals surface area contributed by atoms with Crippen LogP contribution < -0.4 is 5.32 Å². The molecule has 0 unspecified atom stereocenters. The zero-order valence-electron chi connectivity index (χ0n) is 10.6. The maximum atomic E-state index is 12.1. The number of rotatable bonds is 3. The lowest BCUT2D eigenvalue weighted by Crippen LogP contribution is -2.40. The molecule has 2 N–H and O–H groups in total. The summed E-state index contributed by atoms with van der Waals surface area (Å²) in [5.74, 6) is 0. The fourth-order valence-electron chi connectivity index (χ4n) is 2.22. The Labute approximate surface area is 120 Å². The largest absolute Gasteiger partial charge is 0.394 e. The number of amides is 2. The van der Waals surface area contributed by atoms with Crippen molar-refractivity contribution < 1.29 is 14.8 Å². The number of hydrogen-bond acceptors (Lipinski definition) is 4. The molecule has 108 valence electrons. The average molecular weight is 300 g/mol. The van der Waals surface area contributed by atoms with E-state index < -0.39 is 4.92 Å². The van der Waals surface area contributed by atoms with Crippen LogP contribution in [0.1, 0.15) is 12.8 Å². The van der Waals surface area contributed by atoms with Crippen molar-refractivity contribution >= 4 is 29.0 Å². The minimum absolute atomic E-state index is 0.0161. The van der Waals surface area contributed by atoms with Gasteiger partial charge < -0.3 is 15.3 Å². The predicted octanol–water partition coefficient (Wildman–Crippen LogP) is 2.24. The number of nitro benzene ring substituents is 1. The summed E-state index contributed by atoms with van der Waals surface area (Å²) in [6.45, 7) is 0.473. The second-order valence-corrected chi connectivity index (χ2v) is 4.93. The smallest absolute Gasteiger partial charge is 0.322 e. The van der Waals surface area contributed by atoms with Crippen LogP contribution in [0.5, 0.6) is 0 Å². The van der Waals surface area contributed by atoms with Crippen molar-refractivity contribution in [3.8, 4) is 0 Å². The van der Waals surface area contributed by atoms with E-state index in [0.29, 0.717) is 12.2 Å². The van der Waals surface area contributed by atoms with Crippen LogP contribution in [-0.2, 0) is 0 Å². The van der Waals surface area contributed by atoms with Gasteiger partial charge in [0.25, 0.3) is 5.69 Å². The molecule has 1 saturated heterocycles. The van der Waals surface area contributed by atoms with Gasteiger partial charge in [-0.3, -0.25) is 10.1 Å². The van der Waals surface area contributed by atoms with Crippen LogP contribution in [0, 0.1) is 10.1 Å². The second-order valence-electron chi connectivity index (χ2n) is 4.53. The second kappa shape index (κ2) is 6.06. The van der Waals surface area contributed by atoms with Gasteiger partial charge in [0, 0.05) is 18.3 Å². The molecule has 0 aromatic heterocycles. The SMILES string of the molecule is O=C(Nc1ccc(Cl)c([N+](=O)[O-])c1)N1CCC[C@@H]1CO. The number of nitrogens with one attached hydrogen (secondary N) is 1. The number of nitrogens with zero attached hydrogens (tertiary/aromatic N) is 2. The van der Waals surface area contributed by atoms with Crippen LogP contribution in [0.4, 0.5) is 16.2 Å². The van der Waals surface area contributed by atoms with E-state index in [-0.39, 0.29) is 29.4 Å².